The van der Waals surface area contributed by atoms with Crippen LogP contribution in [0.5, 0.6) is 11.5 Å². The van der Waals surface area contributed by atoms with E-state index < -0.39 is 5.97 Å². The topological polar surface area (TPSA) is 106 Å². The number of carboxylic acids is 1. The molecule has 1 aromatic heterocycles. The van der Waals surface area contributed by atoms with Gasteiger partial charge >= 0.3 is 5.97 Å². The number of benzene rings is 2. The summed E-state index contributed by atoms with van der Waals surface area (Å²) in [5.74, 6) is 1.43. The molecule has 0 spiro atoms. The number of ether oxygens (including phenoxy) is 3. The van der Waals surface area contributed by atoms with Crippen molar-refractivity contribution in [3.63, 3.8) is 0 Å². The summed E-state index contributed by atoms with van der Waals surface area (Å²) in [6, 6.07) is 12.1. The third-order valence-electron chi connectivity index (χ3n) is 7.29. The molecule has 9 nitrogen and oxygen atoms in total. The Morgan fingerprint density at radius 1 is 1.05 bits per heavy atom. The molecular weight excluding hydrogens is 472 g/mol. The predicted octanol–water partition coefficient (Wildman–Crippen LogP) is 4.09. The highest BCUT2D eigenvalue weighted by molar-refractivity contribution is 5.77. The molecule has 4 heterocycles. The number of rotatable bonds is 6. The first-order chi connectivity index (χ1) is 18.0. The summed E-state index contributed by atoms with van der Waals surface area (Å²) in [7, 11) is 0. The molecule has 1 fully saturated rings. The molecule has 2 atom stereocenters. The van der Waals surface area contributed by atoms with Crippen molar-refractivity contribution in [2.75, 3.05) is 49.7 Å². The first kappa shape index (κ1) is 23.5. The molecule has 0 aliphatic carbocycles. The van der Waals surface area contributed by atoms with Gasteiger partial charge in [0.25, 0.3) is 0 Å². The molecule has 2 aromatic carbocycles. The summed E-state index contributed by atoms with van der Waals surface area (Å²) in [5.41, 5.74) is 6.79. The summed E-state index contributed by atoms with van der Waals surface area (Å²) < 4.78 is 17.5. The van der Waals surface area contributed by atoms with E-state index in [1.807, 2.05) is 32.0 Å². The molecule has 2 unspecified atom stereocenters. The molecule has 0 radical (unpaired) electrons. The fraction of sp³-hybridized carbons (Fsp3) is 0.393. The smallest absolute Gasteiger partial charge is 0.304 e. The van der Waals surface area contributed by atoms with Crippen LogP contribution in [0, 0.1) is 13.8 Å². The van der Waals surface area contributed by atoms with E-state index in [0.717, 1.165) is 69.9 Å². The van der Waals surface area contributed by atoms with E-state index in [0.29, 0.717) is 26.4 Å². The second kappa shape index (κ2) is 9.55. The monoisotopic (exact) mass is 502 g/mol. The van der Waals surface area contributed by atoms with Crippen molar-refractivity contribution in [3.8, 4) is 22.6 Å². The lowest BCUT2D eigenvalue weighted by atomic mass is 9.96. The van der Waals surface area contributed by atoms with Gasteiger partial charge in [-0.05, 0) is 19.9 Å². The van der Waals surface area contributed by atoms with Gasteiger partial charge in [-0.15, -0.1) is 0 Å². The quantitative estimate of drug-likeness (QED) is 0.515. The minimum absolute atomic E-state index is 0.0293. The number of fused-ring (bicyclic) bond motifs is 2. The van der Waals surface area contributed by atoms with E-state index in [1.165, 1.54) is 0 Å². The molecule has 1 saturated heterocycles. The van der Waals surface area contributed by atoms with Crippen molar-refractivity contribution in [1.82, 2.24) is 9.97 Å². The molecule has 2 N–H and O–H groups in total. The highest BCUT2D eigenvalue weighted by Crippen LogP contribution is 2.44. The largest absolute Gasteiger partial charge is 0.493 e. The SMILES string of the molecule is Cc1nc(N2CCOCC2)nc(C)c1-c1cccc2c1OCC2Nc1ccc2c(c1)OCC2CC(=O)O. The highest BCUT2D eigenvalue weighted by atomic mass is 16.5. The van der Waals surface area contributed by atoms with Gasteiger partial charge in [0.2, 0.25) is 5.95 Å². The van der Waals surface area contributed by atoms with Crippen molar-refractivity contribution in [1.29, 1.82) is 0 Å². The third-order valence-corrected chi connectivity index (χ3v) is 7.29. The lowest BCUT2D eigenvalue weighted by Gasteiger charge is -2.27. The summed E-state index contributed by atoms with van der Waals surface area (Å²) >= 11 is 0. The van der Waals surface area contributed by atoms with Crippen LogP contribution in [0.1, 0.15) is 40.9 Å². The molecule has 0 amide bonds. The average molecular weight is 503 g/mol. The summed E-state index contributed by atoms with van der Waals surface area (Å²) in [6.45, 7) is 7.92. The van der Waals surface area contributed by atoms with Gasteiger partial charge < -0.3 is 29.5 Å². The molecule has 0 saturated carbocycles. The highest BCUT2D eigenvalue weighted by Gasteiger charge is 2.30. The standard InChI is InChI=1S/C28H30N4O5/c1-16-26(17(2)30-28(29-16)32-8-10-35-11-9-32)22-5-3-4-21-23(15-37-27(21)22)31-19-6-7-20-18(12-25(33)34)14-36-24(20)13-19/h3-7,13,18,23,31H,8-12,14-15H2,1-2H3,(H,33,34). The van der Waals surface area contributed by atoms with Gasteiger partial charge in [-0.2, -0.15) is 0 Å². The summed E-state index contributed by atoms with van der Waals surface area (Å²) in [6.07, 6.45) is 0.0718. The number of nitrogens with zero attached hydrogens (tertiary/aromatic N) is 3. The van der Waals surface area contributed by atoms with Crippen LogP contribution in [-0.4, -0.2) is 60.6 Å². The molecule has 3 aliphatic rings. The Morgan fingerprint density at radius 3 is 2.59 bits per heavy atom. The first-order valence-corrected chi connectivity index (χ1v) is 12.7. The molecule has 6 rings (SSSR count). The molecule has 3 aromatic rings. The first-order valence-electron chi connectivity index (χ1n) is 12.7. The van der Waals surface area contributed by atoms with Crippen LogP contribution >= 0.6 is 0 Å². The van der Waals surface area contributed by atoms with Gasteiger partial charge in [0.05, 0.1) is 43.7 Å². The van der Waals surface area contributed by atoms with Gasteiger partial charge in [-0.1, -0.05) is 24.3 Å². The molecular formula is C28H30N4O5. The Bertz CT molecular complexity index is 1330. The third kappa shape index (κ3) is 4.44. The van der Waals surface area contributed by atoms with Gasteiger partial charge in [0, 0.05) is 53.0 Å². The van der Waals surface area contributed by atoms with E-state index in [-0.39, 0.29) is 18.4 Å². The predicted molar refractivity (Wildman–Crippen MR) is 139 cm³/mol. The number of aryl methyl sites for hydroxylation is 2. The van der Waals surface area contributed by atoms with Crippen molar-refractivity contribution in [2.24, 2.45) is 0 Å². The number of hydrogen-bond acceptors (Lipinski definition) is 8. The minimum atomic E-state index is -0.814. The van der Waals surface area contributed by atoms with Gasteiger partial charge in [0.15, 0.2) is 0 Å². The van der Waals surface area contributed by atoms with Crippen molar-refractivity contribution < 1.29 is 24.1 Å². The fourth-order valence-corrected chi connectivity index (χ4v) is 5.50. The second-order valence-electron chi connectivity index (χ2n) is 9.76. The van der Waals surface area contributed by atoms with Crippen LogP contribution in [0.25, 0.3) is 11.1 Å². The van der Waals surface area contributed by atoms with Gasteiger partial charge in [0.1, 0.15) is 18.1 Å². The van der Waals surface area contributed by atoms with Crippen LogP contribution in [0.2, 0.25) is 0 Å². The Kier molecular flexibility index (Phi) is 6.08. The van der Waals surface area contributed by atoms with Crippen LogP contribution in [0.4, 0.5) is 11.6 Å². The Balaban J connectivity index is 1.25. The summed E-state index contributed by atoms with van der Waals surface area (Å²) in [5, 5.41) is 12.7. The van der Waals surface area contributed by atoms with E-state index in [2.05, 4.69) is 28.4 Å². The Hall–Kier alpha value is -3.85. The van der Waals surface area contributed by atoms with Gasteiger partial charge in [-0.3, -0.25) is 4.79 Å². The van der Waals surface area contributed by atoms with Crippen molar-refractivity contribution in [3.05, 3.63) is 58.9 Å². The molecule has 37 heavy (non-hydrogen) atoms. The maximum atomic E-state index is 11.1. The maximum Gasteiger partial charge on any atom is 0.304 e. The summed E-state index contributed by atoms with van der Waals surface area (Å²) in [4.78, 5) is 23.0. The number of carbonyl (C=O) groups is 1. The lowest BCUT2D eigenvalue weighted by molar-refractivity contribution is -0.137. The fourth-order valence-electron chi connectivity index (χ4n) is 5.50. The molecule has 0 bridgehead atoms. The van der Waals surface area contributed by atoms with E-state index in [9.17, 15) is 4.79 Å². The zero-order valence-electron chi connectivity index (χ0n) is 21.0. The lowest BCUT2D eigenvalue weighted by Crippen LogP contribution is -2.37. The van der Waals surface area contributed by atoms with E-state index in [4.69, 9.17) is 29.3 Å². The molecule has 9 heteroatoms. The number of aliphatic carboxylic acids is 1. The molecule has 3 aliphatic heterocycles. The van der Waals surface area contributed by atoms with Crippen LogP contribution in [-0.2, 0) is 9.53 Å². The Labute approximate surface area is 215 Å². The zero-order chi connectivity index (χ0) is 25.5. The number of nitrogens with one attached hydrogen (secondary N) is 1. The average Bonchev–Trinajstić information content (AvgIpc) is 3.48. The van der Waals surface area contributed by atoms with E-state index >= 15 is 0 Å². The number of aromatic nitrogens is 2. The van der Waals surface area contributed by atoms with Crippen LogP contribution in [0.3, 0.4) is 0 Å². The van der Waals surface area contributed by atoms with E-state index in [1.54, 1.807) is 0 Å². The van der Waals surface area contributed by atoms with Crippen LogP contribution < -0.4 is 19.7 Å². The van der Waals surface area contributed by atoms with Crippen LogP contribution in [0.15, 0.2) is 36.4 Å². The number of para-hydroxylation sites is 1. The Morgan fingerprint density at radius 2 is 1.84 bits per heavy atom. The van der Waals surface area contributed by atoms with Crippen molar-refractivity contribution >= 4 is 17.6 Å². The zero-order valence-corrected chi connectivity index (χ0v) is 21.0. The number of hydrogen-bond donors (Lipinski definition) is 2. The number of carboxylic acid groups (broad SMARTS) is 1. The van der Waals surface area contributed by atoms with Crippen molar-refractivity contribution in [2.45, 2.75) is 32.2 Å². The molecule has 192 valence electrons. The minimum Gasteiger partial charge on any atom is -0.493 e. The number of morpholine rings is 1. The normalized spacial score (nSPS) is 20.1. The maximum absolute atomic E-state index is 11.1. The second-order valence-corrected chi connectivity index (χ2v) is 9.76. The number of anilines is 2. The van der Waals surface area contributed by atoms with Gasteiger partial charge in [-0.25, -0.2) is 9.97 Å².